The minimum atomic E-state index is -4.39. The van der Waals surface area contributed by atoms with Gasteiger partial charge in [-0.15, -0.1) is 0 Å². The predicted molar refractivity (Wildman–Crippen MR) is 70.6 cm³/mol. The molecule has 0 aliphatic carbocycles. The molecule has 0 spiro atoms. The van der Waals surface area contributed by atoms with Gasteiger partial charge in [0.1, 0.15) is 5.82 Å². The summed E-state index contributed by atoms with van der Waals surface area (Å²) in [6.45, 7) is 1.61. The Morgan fingerprint density at radius 1 is 1.05 bits per heavy atom. The number of benzene rings is 2. The van der Waals surface area contributed by atoms with E-state index in [4.69, 9.17) is 0 Å². The maximum atomic E-state index is 13.0. The summed E-state index contributed by atoms with van der Waals surface area (Å²) in [7, 11) is 0. The van der Waals surface area contributed by atoms with Gasteiger partial charge in [-0.25, -0.2) is 4.39 Å². The molecule has 2 aromatic carbocycles. The van der Waals surface area contributed by atoms with Gasteiger partial charge in [-0.05, 0) is 48.4 Å². The monoisotopic (exact) mass is 296 g/mol. The number of hydrogen-bond acceptors (Lipinski definition) is 1. The molecule has 0 aromatic heterocycles. The van der Waals surface area contributed by atoms with E-state index in [0.29, 0.717) is 16.7 Å². The lowest BCUT2D eigenvalue weighted by Gasteiger charge is -2.08. The van der Waals surface area contributed by atoms with E-state index in [2.05, 4.69) is 0 Å². The summed E-state index contributed by atoms with van der Waals surface area (Å²) in [4.78, 5) is 12.1. The van der Waals surface area contributed by atoms with E-state index < -0.39 is 17.6 Å². The van der Waals surface area contributed by atoms with Crippen LogP contribution in [0.5, 0.6) is 0 Å². The molecule has 110 valence electrons. The van der Waals surface area contributed by atoms with Gasteiger partial charge in [-0.1, -0.05) is 12.1 Å². The second-order valence-electron chi connectivity index (χ2n) is 4.75. The SMILES string of the molecule is Cc1cc(F)ccc1C(=O)Cc1ccc(C(F)(F)F)cc1. The number of ketones is 1. The molecule has 0 aliphatic rings. The zero-order valence-electron chi connectivity index (χ0n) is 11.2. The number of carbonyl (C=O) groups excluding carboxylic acids is 1. The van der Waals surface area contributed by atoms with Crippen LogP contribution in [-0.4, -0.2) is 5.78 Å². The van der Waals surface area contributed by atoms with Gasteiger partial charge < -0.3 is 0 Å². The third-order valence-electron chi connectivity index (χ3n) is 3.13. The van der Waals surface area contributed by atoms with Crippen LogP contribution in [0.4, 0.5) is 17.6 Å². The van der Waals surface area contributed by atoms with E-state index >= 15 is 0 Å². The first-order chi connectivity index (χ1) is 9.77. The van der Waals surface area contributed by atoms with Crippen LogP contribution in [-0.2, 0) is 12.6 Å². The summed E-state index contributed by atoms with van der Waals surface area (Å²) in [5.74, 6) is -0.689. The van der Waals surface area contributed by atoms with Gasteiger partial charge >= 0.3 is 6.18 Å². The van der Waals surface area contributed by atoms with Crippen molar-refractivity contribution in [1.29, 1.82) is 0 Å². The quantitative estimate of drug-likeness (QED) is 0.598. The molecule has 0 N–H and O–H groups in total. The highest BCUT2D eigenvalue weighted by Crippen LogP contribution is 2.29. The van der Waals surface area contributed by atoms with Crippen molar-refractivity contribution in [2.24, 2.45) is 0 Å². The van der Waals surface area contributed by atoms with Crippen molar-refractivity contribution in [2.75, 3.05) is 0 Å². The topological polar surface area (TPSA) is 17.1 Å². The fourth-order valence-electron chi connectivity index (χ4n) is 2.03. The summed E-state index contributed by atoms with van der Waals surface area (Å²) in [5.41, 5.74) is 0.608. The predicted octanol–water partition coefficient (Wildman–Crippen LogP) is 4.58. The largest absolute Gasteiger partial charge is 0.416 e. The average Bonchev–Trinajstić information content (AvgIpc) is 2.38. The number of hydrogen-bond donors (Lipinski definition) is 0. The summed E-state index contributed by atoms with van der Waals surface area (Å²) in [6, 6.07) is 8.27. The van der Waals surface area contributed by atoms with Crippen LogP contribution in [0.15, 0.2) is 42.5 Å². The normalized spacial score (nSPS) is 11.5. The molecular formula is C16H12F4O. The fourth-order valence-corrected chi connectivity index (χ4v) is 2.03. The van der Waals surface area contributed by atoms with E-state index in [1.807, 2.05) is 0 Å². The number of rotatable bonds is 3. The molecular weight excluding hydrogens is 284 g/mol. The van der Waals surface area contributed by atoms with E-state index in [-0.39, 0.29) is 12.2 Å². The Morgan fingerprint density at radius 3 is 2.19 bits per heavy atom. The average molecular weight is 296 g/mol. The van der Waals surface area contributed by atoms with Crippen molar-refractivity contribution in [1.82, 2.24) is 0 Å². The van der Waals surface area contributed by atoms with Gasteiger partial charge in [-0.3, -0.25) is 4.79 Å². The smallest absolute Gasteiger partial charge is 0.294 e. The molecule has 0 unspecified atom stereocenters. The van der Waals surface area contributed by atoms with Crippen molar-refractivity contribution < 1.29 is 22.4 Å². The van der Waals surface area contributed by atoms with Crippen molar-refractivity contribution >= 4 is 5.78 Å². The molecule has 0 bridgehead atoms. The molecule has 0 saturated carbocycles. The molecule has 2 aromatic rings. The zero-order valence-corrected chi connectivity index (χ0v) is 11.2. The Bertz CT molecular complexity index is 657. The van der Waals surface area contributed by atoms with Crippen LogP contribution in [0.25, 0.3) is 0 Å². The van der Waals surface area contributed by atoms with Gasteiger partial charge in [0.05, 0.1) is 5.56 Å². The van der Waals surface area contributed by atoms with Crippen LogP contribution in [0, 0.1) is 12.7 Å². The van der Waals surface area contributed by atoms with Crippen molar-refractivity contribution in [2.45, 2.75) is 19.5 Å². The van der Waals surface area contributed by atoms with Crippen molar-refractivity contribution in [3.63, 3.8) is 0 Å². The first-order valence-corrected chi connectivity index (χ1v) is 6.23. The highest BCUT2D eigenvalue weighted by molar-refractivity contribution is 5.98. The van der Waals surface area contributed by atoms with Gasteiger partial charge in [0.2, 0.25) is 0 Å². The second kappa shape index (κ2) is 5.68. The number of aryl methyl sites for hydroxylation is 1. The fraction of sp³-hybridized carbons (Fsp3) is 0.188. The number of alkyl halides is 3. The molecule has 0 aliphatic heterocycles. The lowest BCUT2D eigenvalue weighted by atomic mass is 9.98. The molecule has 0 saturated heterocycles. The molecule has 0 radical (unpaired) electrons. The summed E-state index contributed by atoms with van der Waals surface area (Å²) >= 11 is 0. The minimum Gasteiger partial charge on any atom is -0.294 e. The molecule has 21 heavy (non-hydrogen) atoms. The van der Waals surface area contributed by atoms with Gasteiger partial charge in [0.25, 0.3) is 0 Å². The third-order valence-corrected chi connectivity index (χ3v) is 3.13. The van der Waals surface area contributed by atoms with E-state index in [9.17, 15) is 22.4 Å². The maximum Gasteiger partial charge on any atom is 0.416 e. The lowest BCUT2D eigenvalue weighted by Crippen LogP contribution is -2.08. The summed E-state index contributed by atoms with van der Waals surface area (Å²) in [5, 5.41) is 0. The molecule has 0 heterocycles. The van der Waals surface area contributed by atoms with Crippen molar-refractivity contribution in [3.8, 4) is 0 Å². The zero-order chi connectivity index (χ0) is 15.6. The standard InChI is InChI=1S/C16H12F4O/c1-10-8-13(17)6-7-14(10)15(21)9-11-2-4-12(5-3-11)16(18,19)20/h2-8H,9H2,1H3. The summed E-state index contributed by atoms with van der Waals surface area (Å²) in [6.07, 6.45) is -4.42. The van der Waals surface area contributed by atoms with Crippen LogP contribution < -0.4 is 0 Å². The van der Waals surface area contributed by atoms with Crippen LogP contribution in [0.1, 0.15) is 27.0 Å². The number of halogens is 4. The Hall–Kier alpha value is -2.17. The van der Waals surface area contributed by atoms with Crippen molar-refractivity contribution in [3.05, 3.63) is 70.5 Å². The Kier molecular flexibility index (Phi) is 4.11. The molecule has 0 amide bonds. The summed E-state index contributed by atoms with van der Waals surface area (Å²) < 4.78 is 50.3. The molecule has 2 rings (SSSR count). The lowest BCUT2D eigenvalue weighted by molar-refractivity contribution is -0.137. The highest BCUT2D eigenvalue weighted by atomic mass is 19.4. The van der Waals surface area contributed by atoms with E-state index in [0.717, 1.165) is 12.1 Å². The molecule has 1 nitrogen and oxygen atoms in total. The highest BCUT2D eigenvalue weighted by Gasteiger charge is 2.29. The Balaban J connectivity index is 2.16. The second-order valence-corrected chi connectivity index (χ2v) is 4.75. The number of carbonyl (C=O) groups is 1. The Morgan fingerprint density at radius 2 is 1.67 bits per heavy atom. The third kappa shape index (κ3) is 3.68. The first kappa shape index (κ1) is 15.2. The first-order valence-electron chi connectivity index (χ1n) is 6.23. The van der Waals surface area contributed by atoms with Crippen LogP contribution in [0.3, 0.4) is 0 Å². The minimum absolute atomic E-state index is 0.0232. The Labute approximate surface area is 119 Å². The van der Waals surface area contributed by atoms with Gasteiger partial charge in [0, 0.05) is 12.0 Å². The molecule has 0 fully saturated rings. The van der Waals surface area contributed by atoms with Crippen LogP contribution in [0.2, 0.25) is 0 Å². The number of Topliss-reactive ketones (excluding diaryl/α,β-unsaturated/α-hetero) is 1. The maximum absolute atomic E-state index is 13.0. The van der Waals surface area contributed by atoms with Gasteiger partial charge in [0.15, 0.2) is 5.78 Å². The van der Waals surface area contributed by atoms with Crippen LogP contribution >= 0.6 is 0 Å². The van der Waals surface area contributed by atoms with Gasteiger partial charge in [-0.2, -0.15) is 13.2 Å². The van der Waals surface area contributed by atoms with E-state index in [1.165, 1.54) is 30.3 Å². The van der Waals surface area contributed by atoms with E-state index in [1.54, 1.807) is 6.92 Å². The molecule has 5 heteroatoms. The molecule has 0 atom stereocenters.